The van der Waals surface area contributed by atoms with Crippen LogP contribution in [0, 0.1) is 6.92 Å². The highest BCUT2D eigenvalue weighted by Crippen LogP contribution is 2.09. The second kappa shape index (κ2) is 4.99. The minimum absolute atomic E-state index is 0.152. The Balaban J connectivity index is 1.94. The molecule has 1 heterocycles. The summed E-state index contributed by atoms with van der Waals surface area (Å²) in [7, 11) is 0. The molecule has 0 aliphatic carbocycles. The maximum atomic E-state index is 6.11. The van der Waals surface area contributed by atoms with Gasteiger partial charge in [0.25, 0.3) is 0 Å². The summed E-state index contributed by atoms with van der Waals surface area (Å²) in [5.74, 6) is 0. The van der Waals surface area contributed by atoms with E-state index in [4.69, 9.17) is 10.2 Å². The number of hydrogen-bond acceptors (Lipinski definition) is 2. The zero-order chi connectivity index (χ0) is 11.4. The van der Waals surface area contributed by atoms with Crippen LogP contribution in [0.4, 0.5) is 0 Å². The predicted molar refractivity (Wildman–Crippen MR) is 65.3 cm³/mol. The van der Waals surface area contributed by atoms with Gasteiger partial charge in [-0.15, -0.1) is 0 Å². The highest BCUT2D eigenvalue weighted by molar-refractivity contribution is 5.23. The minimum Gasteiger partial charge on any atom is -0.472 e. The summed E-state index contributed by atoms with van der Waals surface area (Å²) in [5.41, 5.74) is 9.86. The third-order valence-electron chi connectivity index (χ3n) is 2.66. The van der Waals surface area contributed by atoms with Crippen LogP contribution < -0.4 is 5.73 Å². The smallest absolute Gasteiger partial charge is 0.0935 e. The second-order valence-corrected chi connectivity index (χ2v) is 4.29. The summed E-state index contributed by atoms with van der Waals surface area (Å²) < 4.78 is 5.03. The van der Waals surface area contributed by atoms with Crippen molar-refractivity contribution in [1.29, 1.82) is 0 Å². The molecule has 1 aromatic heterocycles. The highest BCUT2D eigenvalue weighted by Gasteiger charge is 2.06. The van der Waals surface area contributed by atoms with E-state index in [1.54, 1.807) is 12.5 Å². The fraction of sp³-hybridized carbons (Fsp3) is 0.286. The maximum Gasteiger partial charge on any atom is 0.0935 e. The number of furan rings is 1. The molecule has 0 aliphatic rings. The molecule has 1 unspecified atom stereocenters. The molecule has 1 atom stereocenters. The first-order valence-corrected chi connectivity index (χ1v) is 5.56. The summed E-state index contributed by atoms with van der Waals surface area (Å²) in [6.07, 6.45) is 5.22. The van der Waals surface area contributed by atoms with Crippen LogP contribution in [0.2, 0.25) is 0 Å². The van der Waals surface area contributed by atoms with Crippen molar-refractivity contribution in [3.8, 4) is 0 Å². The van der Waals surface area contributed by atoms with Crippen molar-refractivity contribution in [2.24, 2.45) is 5.73 Å². The third-order valence-corrected chi connectivity index (χ3v) is 2.66. The lowest BCUT2D eigenvalue weighted by molar-refractivity contribution is 0.559. The molecular formula is C14H17NO. The van der Waals surface area contributed by atoms with Crippen LogP contribution in [0.3, 0.4) is 0 Å². The van der Waals surface area contributed by atoms with Crippen molar-refractivity contribution in [2.75, 3.05) is 0 Å². The van der Waals surface area contributed by atoms with Crippen molar-refractivity contribution < 1.29 is 4.42 Å². The number of nitrogens with two attached hydrogens (primary N) is 1. The molecule has 0 amide bonds. The molecule has 0 saturated heterocycles. The maximum absolute atomic E-state index is 6.11. The van der Waals surface area contributed by atoms with E-state index in [0.717, 1.165) is 12.8 Å². The van der Waals surface area contributed by atoms with Gasteiger partial charge in [-0.2, -0.15) is 0 Å². The van der Waals surface area contributed by atoms with Crippen LogP contribution in [-0.4, -0.2) is 6.04 Å². The van der Waals surface area contributed by atoms with Crippen molar-refractivity contribution in [1.82, 2.24) is 0 Å². The van der Waals surface area contributed by atoms with Crippen molar-refractivity contribution >= 4 is 0 Å². The van der Waals surface area contributed by atoms with Gasteiger partial charge in [-0.25, -0.2) is 0 Å². The lowest BCUT2D eigenvalue weighted by Crippen LogP contribution is -2.25. The summed E-state index contributed by atoms with van der Waals surface area (Å²) in [6.45, 7) is 2.10. The normalized spacial score (nSPS) is 12.6. The van der Waals surface area contributed by atoms with Crippen LogP contribution in [0.15, 0.2) is 47.3 Å². The van der Waals surface area contributed by atoms with E-state index in [0.29, 0.717) is 0 Å². The van der Waals surface area contributed by atoms with Gasteiger partial charge < -0.3 is 10.2 Å². The second-order valence-electron chi connectivity index (χ2n) is 4.29. The van der Waals surface area contributed by atoms with E-state index < -0.39 is 0 Å². The molecule has 0 fully saturated rings. The summed E-state index contributed by atoms with van der Waals surface area (Å²) in [5, 5.41) is 0. The molecule has 2 N–H and O–H groups in total. The van der Waals surface area contributed by atoms with Crippen LogP contribution in [0.25, 0.3) is 0 Å². The molecule has 84 valence electrons. The first-order chi connectivity index (χ1) is 7.74. The Morgan fingerprint density at radius 1 is 1.19 bits per heavy atom. The number of rotatable bonds is 4. The van der Waals surface area contributed by atoms with Crippen molar-refractivity contribution in [3.63, 3.8) is 0 Å². The van der Waals surface area contributed by atoms with Gasteiger partial charge in [0.2, 0.25) is 0 Å². The lowest BCUT2D eigenvalue weighted by atomic mass is 10.0. The molecule has 1 aromatic carbocycles. The van der Waals surface area contributed by atoms with Gasteiger partial charge in [-0.1, -0.05) is 29.8 Å². The Labute approximate surface area is 96.1 Å². The molecule has 0 aliphatic heterocycles. The third kappa shape index (κ3) is 2.97. The Kier molecular flexibility index (Phi) is 3.42. The summed E-state index contributed by atoms with van der Waals surface area (Å²) in [6, 6.07) is 10.6. The summed E-state index contributed by atoms with van der Waals surface area (Å²) >= 11 is 0. The molecule has 2 heteroatoms. The molecule has 2 aromatic rings. The van der Waals surface area contributed by atoms with Crippen LogP contribution in [0.5, 0.6) is 0 Å². The highest BCUT2D eigenvalue weighted by atomic mass is 16.3. The van der Waals surface area contributed by atoms with Gasteiger partial charge in [-0.3, -0.25) is 0 Å². The topological polar surface area (TPSA) is 39.2 Å². The molecular weight excluding hydrogens is 198 g/mol. The molecule has 16 heavy (non-hydrogen) atoms. The SMILES string of the molecule is Cc1cccc(CC(N)Cc2ccoc2)c1. The number of hydrogen-bond donors (Lipinski definition) is 1. The zero-order valence-electron chi connectivity index (χ0n) is 9.52. The van der Waals surface area contributed by atoms with Crippen molar-refractivity contribution in [2.45, 2.75) is 25.8 Å². The standard InChI is InChI=1S/C14H17NO/c1-11-3-2-4-12(7-11)8-14(15)9-13-5-6-16-10-13/h2-7,10,14H,8-9,15H2,1H3. The van der Waals surface area contributed by atoms with E-state index in [1.165, 1.54) is 16.7 Å². The minimum atomic E-state index is 0.152. The summed E-state index contributed by atoms with van der Waals surface area (Å²) in [4.78, 5) is 0. The van der Waals surface area contributed by atoms with Gasteiger partial charge in [-0.05, 0) is 37.0 Å². The fourth-order valence-corrected chi connectivity index (χ4v) is 1.93. The Morgan fingerprint density at radius 2 is 2.00 bits per heavy atom. The van der Waals surface area contributed by atoms with E-state index in [-0.39, 0.29) is 6.04 Å². The molecule has 2 nitrogen and oxygen atoms in total. The molecule has 2 rings (SSSR count). The van der Waals surface area contributed by atoms with Crippen LogP contribution in [0.1, 0.15) is 16.7 Å². The molecule has 0 bridgehead atoms. The Morgan fingerprint density at radius 3 is 2.69 bits per heavy atom. The lowest BCUT2D eigenvalue weighted by Gasteiger charge is -2.10. The monoisotopic (exact) mass is 215 g/mol. The Bertz CT molecular complexity index is 434. The average molecular weight is 215 g/mol. The fourth-order valence-electron chi connectivity index (χ4n) is 1.93. The molecule has 0 spiro atoms. The predicted octanol–water partition coefficient (Wildman–Crippen LogP) is 2.70. The first-order valence-electron chi connectivity index (χ1n) is 5.56. The van der Waals surface area contributed by atoms with Gasteiger partial charge in [0.15, 0.2) is 0 Å². The molecule has 0 radical (unpaired) electrons. The van der Waals surface area contributed by atoms with E-state index in [2.05, 4.69) is 31.2 Å². The van der Waals surface area contributed by atoms with Gasteiger partial charge in [0.1, 0.15) is 0 Å². The molecule has 0 saturated carbocycles. The van der Waals surface area contributed by atoms with E-state index >= 15 is 0 Å². The van der Waals surface area contributed by atoms with Gasteiger partial charge in [0, 0.05) is 6.04 Å². The average Bonchev–Trinajstić information content (AvgIpc) is 2.70. The largest absolute Gasteiger partial charge is 0.472 e. The first kappa shape index (κ1) is 11.0. The van der Waals surface area contributed by atoms with Crippen molar-refractivity contribution in [3.05, 3.63) is 59.5 Å². The number of aryl methyl sites for hydroxylation is 1. The van der Waals surface area contributed by atoms with Gasteiger partial charge in [0.05, 0.1) is 12.5 Å². The number of benzene rings is 1. The van der Waals surface area contributed by atoms with E-state index in [9.17, 15) is 0 Å². The van der Waals surface area contributed by atoms with Crippen LogP contribution >= 0.6 is 0 Å². The van der Waals surface area contributed by atoms with Gasteiger partial charge >= 0.3 is 0 Å². The van der Waals surface area contributed by atoms with Crippen LogP contribution in [-0.2, 0) is 12.8 Å². The zero-order valence-corrected chi connectivity index (χ0v) is 9.52. The quantitative estimate of drug-likeness (QED) is 0.851. The Hall–Kier alpha value is -1.54. The van der Waals surface area contributed by atoms with E-state index in [1.807, 2.05) is 6.07 Å².